The van der Waals surface area contributed by atoms with Crippen molar-refractivity contribution in [3.63, 3.8) is 0 Å². The average molecular weight is 252 g/mol. The van der Waals surface area contributed by atoms with Crippen molar-refractivity contribution in [1.82, 2.24) is 4.90 Å². The van der Waals surface area contributed by atoms with E-state index in [0.717, 1.165) is 18.8 Å². The highest BCUT2D eigenvalue weighted by molar-refractivity contribution is 6.18. The summed E-state index contributed by atoms with van der Waals surface area (Å²) in [5.74, 6) is 0.786. The molecule has 0 aliphatic carbocycles. The van der Waals surface area contributed by atoms with Gasteiger partial charge in [-0.2, -0.15) is 0 Å². The summed E-state index contributed by atoms with van der Waals surface area (Å²) in [5.41, 5.74) is 1.44. The maximum atomic E-state index is 6.09. The standard InChI is InChI=1S/C15H22ClN/c16-13-15-9-5-2-6-11-17(15)12-10-14-7-3-1-4-8-14/h1,3-4,7-8,15H,2,5-6,9-13H2. The van der Waals surface area contributed by atoms with Crippen LogP contribution < -0.4 is 0 Å². The zero-order valence-corrected chi connectivity index (χ0v) is 11.2. The largest absolute Gasteiger partial charge is 0.299 e. The number of hydrogen-bond acceptors (Lipinski definition) is 1. The minimum atomic E-state index is 0.600. The zero-order valence-electron chi connectivity index (χ0n) is 10.4. The second-order valence-electron chi connectivity index (χ2n) is 4.93. The Hall–Kier alpha value is -0.530. The molecular weight excluding hydrogens is 230 g/mol. The summed E-state index contributed by atoms with van der Waals surface area (Å²) in [6.07, 6.45) is 6.48. The number of nitrogens with zero attached hydrogens (tertiary/aromatic N) is 1. The van der Waals surface area contributed by atoms with Gasteiger partial charge in [0, 0.05) is 18.5 Å². The van der Waals surface area contributed by atoms with Gasteiger partial charge in [-0.3, -0.25) is 4.90 Å². The van der Waals surface area contributed by atoms with Crippen molar-refractivity contribution in [3.05, 3.63) is 35.9 Å². The highest BCUT2D eigenvalue weighted by Crippen LogP contribution is 2.18. The molecule has 2 heteroatoms. The summed E-state index contributed by atoms with van der Waals surface area (Å²) in [7, 11) is 0. The van der Waals surface area contributed by atoms with E-state index in [0.29, 0.717) is 6.04 Å². The van der Waals surface area contributed by atoms with E-state index in [-0.39, 0.29) is 0 Å². The van der Waals surface area contributed by atoms with E-state index in [1.807, 2.05) is 0 Å². The molecule has 0 amide bonds. The third-order valence-electron chi connectivity index (χ3n) is 3.71. The number of halogens is 1. The van der Waals surface area contributed by atoms with Crippen LogP contribution in [0, 0.1) is 0 Å². The molecule has 2 rings (SSSR count). The Bertz CT molecular complexity index is 312. The normalized spacial score (nSPS) is 22.3. The first kappa shape index (κ1) is 12.9. The molecule has 1 saturated heterocycles. The second-order valence-corrected chi connectivity index (χ2v) is 5.24. The molecule has 0 bridgehead atoms. The van der Waals surface area contributed by atoms with Crippen molar-refractivity contribution < 1.29 is 0 Å². The molecule has 1 nitrogen and oxygen atoms in total. The van der Waals surface area contributed by atoms with Crippen LogP contribution >= 0.6 is 11.6 Å². The molecule has 1 aromatic carbocycles. The Morgan fingerprint density at radius 2 is 1.94 bits per heavy atom. The summed E-state index contributed by atoms with van der Waals surface area (Å²) in [6, 6.07) is 11.4. The Labute approximate surface area is 110 Å². The maximum Gasteiger partial charge on any atom is 0.0379 e. The Morgan fingerprint density at radius 3 is 2.71 bits per heavy atom. The molecule has 94 valence electrons. The van der Waals surface area contributed by atoms with Gasteiger partial charge in [0.15, 0.2) is 0 Å². The summed E-state index contributed by atoms with van der Waals surface area (Å²) in [4.78, 5) is 2.59. The topological polar surface area (TPSA) is 3.24 Å². The molecule has 1 unspecified atom stereocenters. The third kappa shape index (κ3) is 4.01. The lowest BCUT2D eigenvalue weighted by molar-refractivity contribution is 0.219. The van der Waals surface area contributed by atoms with Crippen LogP contribution in [0.1, 0.15) is 31.2 Å². The average Bonchev–Trinajstić information content (AvgIpc) is 2.62. The molecule has 0 N–H and O–H groups in total. The molecule has 17 heavy (non-hydrogen) atoms. The van der Waals surface area contributed by atoms with Crippen molar-refractivity contribution >= 4 is 11.6 Å². The van der Waals surface area contributed by atoms with Gasteiger partial charge in [-0.25, -0.2) is 0 Å². The number of benzene rings is 1. The van der Waals surface area contributed by atoms with Gasteiger partial charge in [0.05, 0.1) is 0 Å². The van der Waals surface area contributed by atoms with Crippen molar-refractivity contribution in [2.24, 2.45) is 0 Å². The van der Waals surface area contributed by atoms with Crippen LogP contribution in [-0.4, -0.2) is 29.9 Å². The predicted octanol–water partition coefficient (Wildman–Crippen LogP) is 3.71. The van der Waals surface area contributed by atoms with E-state index in [1.54, 1.807) is 0 Å². The SMILES string of the molecule is ClCC1CCCCCN1CCc1ccccc1. The molecule has 1 aliphatic heterocycles. The number of likely N-dealkylation sites (tertiary alicyclic amines) is 1. The summed E-state index contributed by atoms with van der Waals surface area (Å²) in [5, 5.41) is 0. The second kappa shape index (κ2) is 7.03. The Balaban J connectivity index is 1.87. The summed E-state index contributed by atoms with van der Waals surface area (Å²) < 4.78 is 0. The highest BCUT2D eigenvalue weighted by atomic mass is 35.5. The fraction of sp³-hybridized carbons (Fsp3) is 0.600. The van der Waals surface area contributed by atoms with Gasteiger partial charge in [-0.1, -0.05) is 43.2 Å². The predicted molar refractivity (Wildman–Crippen MR) is 74.7 cm³/mol. The van der Waals surface area contributed by atoms with Crippen LogP contribution in [0.25, 0.3) is 0 Å². The smallest absolute Gasteiger partial charge is 0.0379 e. The van der Waals surface area contributed by atoms with E-state index in [4.69, 9.17) is 11.6 Å². The van der Waals surface area contributed by atoms with E-state index in [2.05, 4.69) is 35.2 Å². The number of hydrogen-bond donors (Lipinski definition) is 0. The molecule has 0 spiro atoms. The minimum Gasteiger partial charge on any atom is -0.299 e. The maximum absolute atomic E-state index is 6.09. The lowest BCUT2D eigenvalue weighted by atomic mass is 10.1. The van der Waals surface area contributed by atoms with Crippen molar-refractivity contribution in [1.29, 1.82) is 0 Å². The highest BCUT2D eigenvalue weighted by Gasteiger charge is 2.19. The number of rotatable bonds is 4. The fourth-order valence-corrected chi connectivity index (χ4v) is 2.97. The van der Waals surface area contributed by atoms with E-state index >= 15 is 0 Å². The molecular formula is C15H22ClN. The van der Waals surface area contributed by atoms with Crippen LogP contribution in [0.2, 0.25) is 0 Å². The lowest BCUT2D eigenvalue weighted by Crippen LogP contribution is -2.37. The fourth-order valence-electron chi connectivity index (χ4n) is 2.62. The minimum absolute atomic E-state index is 0.600. The molecule has 1 atom stereocenters. The quantitative estimate of drug-likeness (QED) is 0.738. The summed E-state index contributed by atoms with van der Waals surface area (Å²) >= 11 is 6.09. The van der Waals surface area contributed by atoms with Crippen LogP contribution in [0.5, 0.6) is 0 Å². The third-order valence-corrected chi connectivity index (χ3v) is 4.06. The molecule has 1 heterocycles. The van der Waals surface area contributed by atoms with Gasteiger partial charge < -0.3 is 0 Å². The van der Waals surface area contributed by atoms with Crippen molar-refractivity contribution in [2.45, 2.75) is 38.1 Å². The van der Waals surface area contributed by atoms with Crippen molar-refractivity contribution in [2.75, 3.05) is 19.0 Å². The van der Waals surface area contributed by atoms with Crippen molar-refractivity contribution in [3.8, 4) is 0 Å². The lowest BCUT2D eigenvalue weighted by Gasteiger charge is -2.28. The first-order chi connectivity index (χ1) is 8.40. The zero-order chi connectivity index (χ0) is 11.9. The molecule has 1 aromatic rings. The van der Waals surface area contributed by atoms with E-state index < -0.39 is 0 Å². The molecule has 0 radical (unpaired) electrons. The van der Waals surface area contributed by atoms with Gasteiger partial charge >= 0.3 is 0 Å². The van der Waals surface area contributed by atoms with Crippen LogP contribution in [0.15, 0.2) is 30.3 Å². The van der Waals surface area contributed by atoms with E-state index in [9.17, 15) is 0 Å². The molecule has 1 fully saturated rings. The van der Waals surface area contributed by atoms with Gasteiger partial charge in [0.2, 0.25) is 0 Å². The van der Waals surface area contributed by atoms with Gasteiger partial charge in [0.1, 0.15) is 0 Å². The Kier molecular flexibility index (Phi) is 5.34. The monoisotopic (exact) mass is 251 g/mol. The molecule has 1 aliphatic rings. The first-order valence-electron chi connectivity index (χ1n) is 6.74. The van der Waals surface area contributed by atoms with Gasteiger partial charge in [-0.15, -0.1) is 11.6 Å². The Morgan fingerprint density at radius 1 is 1.12 bits per heavy atom. The number of alkyl halides is 1. The van der Waals surface area contributed by atoms with Crippen LogP contribution in [-0.2, 0) is 6.42 Å². The molecule has 0 saturated carbocycles. The van der Waals surface area contributed by atoms with Crippen LogP contribution in [0.3, 0.4) is 0 Å². The first-order valence-corrected chi connectivity index (χ1v) is 7.27. The molecule has 0 aromatic heterocycles. The summed E-state index contributed by atoms with van der Waals surface area (Å²) in [6.45, 7) is 2.38. The van der Waals surface area contributed by atoms with Crippen LogP contribution in [0.4, 0.5) is 0 Å². The van der Waals surface area contributed by atoms with Gasteiger partial charge in [-0.05, 0) is 31.4 Å². The van der Waals surface area contributed by atoms with E-state index in [1.165, 1.54) is 37.8 Å². The van der Waals surface area contributed by atoms with Gasteiger partial charge in [0.25, 0.3) is 0 Å².